The number of methoxy groups -OCH3 is 1. The molecule has 1 amide bonds. The van der Waals surface area contributed by atoms with Crippen molar-refractivity contribution < 1.29 is 24.2 Å². The molecular weight excluding hydrogens is 453 g/mol. The van der Waals surface area contributed by atoms with Crippen LogP contribution in [0.25, 0.3) is 0 Å². The van der Waals surface area contributed by atoms with Crippen LogP contribution < -0.4 is 5.32 Å². The standard InChI is InChI=1S/C24H35Cl2NO5/c1-5-6-7-8-9-15(2)12-16(3)10-11-19(28)27-18-14-24(30)13-17(25)21(29)20(26)22(24)32-23(18)31-4/h10-13,15,18,20,22-23,30H,5-9,14H2,1-4H3,(H,27,28)/b11-10+,16-12+/t15-,18+,20-,22-,23+,24+/m1/s1. The molecule has 0 unspecified atom stereocenters. The molecule has 0 radical (unpaired) electrons. The second-order valence-corrected chi connectivity index (χ2v) is 9.68. The van der Waals surface area contributed by atoms with Crippen LogP contribution in [0.3, 0.4) is 0 Å². The van der Waals surface area contributed by atoms with Crippen molar-refractivity contribution in [2.24, 2.45) is 5.92 Å². The Bertz CT molecular complexity index is 765. The fourth-order valence-electron chi connectivity index (χ4n) is 4.20. The lowest BCUT2D eigenvalue weighted by molar-refractivity contribution is -0.244. The Morgan fingerprint density at radius 3 is 2.78 bits per heavy atom. The molecule has 1 aliphatic carbocycles. The summed E-state index contributed by atoms with van der Waals surface area (Å²) in [5.41, 5.74) is -0.576. The van der Waals surface area contributed by atoms with Crippen LogP contribution in [0.5, 0.6) is 0 Å². The van der Waals surface area contributed by atoms with Gasteiger partial charge in [-0.05, 0) is 25.3 Å². The monoisotopic (exact) mass is 487 g/mol. The Hall–Kier alpha value is -1.18. The number of fused-ring (bicyclic) bond motifs is 1. The highest BCUT2D eigenvalue weighted by Crippen LogP contribution is 2.40. The zero-order valence-corrected chi connectivity index (χ0v) is 20.8. The van der Waals surface area contributed by atoms with E-state index in [1.54, 1.807) is 6.08 Å². The molecule has 1 fully saturated rings. The van der Waals surface area contributed by atoms with Crippen molar-refractivity contribution in [1.82, 2.24) is 5.32 Å². The number of hydrogen-bond acceptors (Lipinski definition) is 5. The van der Waals surface area contributed by atoms with E-state index in [4.69, 9.17) is 32.7 Å². The molecule has 0 aromatic heterocycles. The van der Waals surface area contributed by atoms with E-state index in [2.05, 4.69) is 25.2 Å². The molecule has 8 heteroatoms. The molecule has 1 saturated heterocycles. The van der Waals surface area contributed by atoms with E-state index >= 15 is 0 Å². The molecule has 2 rings (SSSR count). The number of allylic oxidation sites excluding steroid dienone is 4. The summed E-state index contributed by atoms with van der Waals surface area (Å²) in [7, 11) is 1.43. The number of rotatable bonds is 10. The van der Waals surface area contributed by atoms with Crippen molar-refractivity contribution in [2.45, 2.75) is 88.7 Å². The van der Waals surface area contributed by atoms with Crippen LogP contribution in [0, 0.1) is 5.92 Å². The smallest absolute Gasteiger partial charge is 0.244 e. The molecule has 2 N–H and O–H groups in total. The van der Waals surface area contributed by atoms with Gasteiger partial charge in [-0.1, -0.05) is 68.9 Å². The van der Waals surface area contributed by atoms with E-state index in [1.165, 1.54) is 44.9 Å². The maximum absolute atomic E-state index is 12.5. The number of Topliss-reactive ketones (excluding diaryl/α,β-unsaturated/α-hetero) is 1. The van der Waals surface area contributed by atoms with Crippen molar-refractivity contribution in [3.63, 3.8) is 0 Å². The first-order valence-electron chi connectivity index (χ1n) is 11.3. The van der Waals surface area contributed by atoms with Crippen molar-refractivity contribution in [3.05, 3.63) is 34.9 Å². The molecule has 1 heterocycles. The number of hydrogen-bond donors (Lipinski definition) is 2. The Morgan fingerprint density at radius 1 is 1.41 bits per heavy atom. The fourth-order valence-corrected chi connectivity index (χ4v) is 4.96. The SMILES string of the molecule is CCCCCC[C@@H](C)/C=C(C)/C=C/C(=O)N[C@H]1C[C@@]2(O)C=C(Cl)C(=O)[C@@H](Cl)[C@H]2O[C@@H]1OC. The number of unbranched alkanes of at least 4 members (excludes halogenated alkanes) is 3. The van der Waals surface area contributed by atoms with Crippen LogP contribution in [0.2, 0.25) is 0 Å². The summed E-state index contributed by atoms with van der Waals surface area (Å²) in [5.74, 6) is -0.398. The number of amides is 1. The first-order valence-corrected chi connectivity index (χ1v) is 12.1. The Morgan fingerprint density at radius 2 is 2.12 bits per heavy atom. The second-order valence-electron chi connectivity index (χ2n) is 8.80. The van der Waals surface area contributed by atoms with Gasteiger partial charge in [-0.15, -0.1) is 11.6 Å². The highest BCUT2D eigenvalue weighted by atomic mass is 35.5. The summed E-state index contributed by atoms with van der Waals surface area (Å²) in [6.45, 7) is 6.35. The van der Waals surface area contributed by atoms with Crippen LogP contribution in [0.15, 0.2) is 34.9 Å². The lowest BCUT2D eigenvalue weighted by Crippen LogP contribution is -2.64. The van der Waals surface area contributed by atoms with Gasteiger partial charge in [-0.2, -0.15) is 0 Å². The molecule has 0 aromatic rings. The molecule has 32 heavy (non-hydrogen) atoms. The third-order valence-electron chi connectivity index (χ3n) is 5.90. The zero-order valence-electron chi connectivity index (χ0n) is 19.3. The normalized spacial score (nSPS) is 31.9. The van der Waals surface area contributed by atoms with Crippen LogP contribution >= 0.6 is 23.2 Å². The minimum Gasteiger partial charge on any atom is -0.383 e. The first kappa shape index (κ1) is 27.1. The summed E-state index contributed by atoms with van der Waals surface area (Å²) in [6, 6.07) is -0.655. The van der Waals surface area contributed by atoms with Gasteiger partial charge in [-0.3, -0.25) is 9.59 Å². The second kappa shape index (κ2) is 12.3. The zero-order chi connectivity index (χ0) is 23.9. The number of nitrogens with one attached hydrogen (secondary N) is 1. The lowest BCUT2D eigenvalue weighted by atomic mass is 9.79. The van der Waals surface area contributed by atoms with Crippen molar-refractivity contribution in [2.75, 3.05) is 7.11 Å². The average Bonchev–Trinajstić information content (AvgIpc) is 2.73. The lowest BCUT2D eigenvalue weighted by Gasteiger charge is -2.47. The van der Waals surface area contributed by atoms with Gasteiger partial charge < -0.3 is 19.9 Å². The molecule has 0 spiro atoms. The van der Waals surface area contributed by atoms with E-state index < -0.39 is 35.2 Å². The molecule has 180 valence electrons. The molecule has 6 atom stereocenters. The van der Waals surface area contributed by atoms with E-state index in [1.807, 2.05) is 6.92 Å². The number of carbonyl (C=O) groups excluding carboxylic acids is 2. The van der Waals surface area contributed by atoms with Gasteiger partial charge in [0.25, 0.3) is 0 Å². The third kappa shape index (κ3) is 7.16. The largest absolute Gasteiger partial charge is 0.383 e. The van der Waals surface area contributed by atoms with E-state index in [9.17, 15) is 14.7 Å². The molecule has 0 saturated carbocycles. The summed E-state index contributed by atoms with van der Waals surface area (Å²) in [6.07, 6.45) is 10.9. The van der Waals surface area contributed by atoms with Gasteiger partial charge in [0.15, 0.2) is 12.1 Å². The Labute approximate surface area is 201 Å². The van der Waals surface area contributed by atoms with Crippen LogP contribution in [0.4, 0.5) is 0 Å². The van der Waals surface area contributed by atoms with E-state index in [0.717, 1.165) is 12.0 Å². The first-order chi connectivity index (χ1) is 15.1. The Kier molecular flexibility index (Phi) is 10.4. The van der Waals surface area contributed by atoms with Gasteiger partial charge in [0.05, 0.1) is 11.1 Å². The summed E-state index contributed by atoms with van der Waals surface area (Å²) >= 11 is 12.1. The van der Waals surface area contributed by atoms with Crippen LogP contribution in [0.1, 0.15) is 59.3 Å². The van der Waals surface area contributed by atoms with Crippen molar-refractivity contribution in [3.8, 4) is 0 Å². The predicted molar refractivity (Wildman–Crippen MR) is 127 cm³/mol. The predicted octanol–water partition coefficient (Wildman–Crippen LogP) is 4.39. The van der Waals surface area contributed by atoms with Gasteiger partial charge >= 0.3 is 0 Å². The fraction of sp³-hybridized carbons (Fsp3) is 0.667. The molecular formula is C24H35Cl2NO5. The van der Waals surface area contributed by atoms with Gasteiger partial charge in [0, 0.05) is 19.6 Å². The maximum atomic E-state index is 12.5. The van der Waals surface area contributed by atoms with E-state index in [0.29, 0.717) is 5.92 Å². The van der Waals surface area contributed by atoms with Crippen LogP contribution in [-0.4, -0.2) is 53.3 Å². The number of aliphatic hydroxyl groups is 1. The minimum atomic E-state index is -1.59. The number of halogens is 2. The Balaban J connectivity index is 1.98. The molecule has 1 aliphatic heterocycles. The van der Waals surface area contributed by atoms with Crippen LogP contribution in [-0.2, 0) is 19.1 Å². The summed E-state index contributed by atoms with van der Waals surface area (Å²) in [4.78, 5) is 24.6. The molecule has 0 bridgehead atoms. The quantitative estimate of drug-likeness (QED) is 0.206. The molecule has 6 nitrogen and oxygen atoms in total. The highest BCUT2D eigenvalue weighted by Gasteiger charge is 2.54. The van der Waals surface area contributed by atoms with Gasteiger partial charge in [0.2, 0.25) is 5.91 Å². The summed E-state index contributed by atoms with van der Waals surface area (Å²) in [5, 5.41) is 12.5. The minimum absolute atomic E-state index is 0.0477. The average molecular weight is 488 g/mol. The van der Waals surface area contributed by atoms with Crippen molar-refractivity contribution >= 4 is 34.9 Å². The highest BCUT2D eigenvalue weighted by molar-refractivity contribution is 6.49. The van der Waals surface area contributed by atoms with Crippen molar-refractivity contribution in [1.29, 1.82) is 0 Å². The molecule has 2 aliphatic rings. The van der Waals surface area contributed by atoms with E-state index in [-0.39, 0.29) is 17.4 Å². The van der Waals surface area contributed by atoms with Gasteiger partial charge in [-0.25, -0.2) is 0 Å². The molecule has 0 aromatic carbocycles. The topological polar surface area (TPSA) is 84.9 Å². The third-order valence-corrected chi connectivity index (χ3v) is 6.62. The maximum Gasteiger partial charge on any atom is 0.244 e. The van der Waals surface area contributed by atoms with Gasteiger partial charge in [0.1, 0.15) is 17.1 Å². The number of alkyl halides is 1. The number of carbonyl (C=O) groups is 2. The number of ketones is 1. The number of ether oxygens (including phenoxy) is 2. The summed E-state index contributed by atoms with van der Waals surface area (Å²) < 4.78 is 11.1.